The fourth-order valence-electron chi connectivity index (χ4n) is 6.15. The molecule has 1 fully saturated rings. The number of nitrogens with one attached hydrogen (secondary N) is 3. The van der Waals surface area contributed by atoms with Gasteiger partial charge < -0.3 is 44.6 Å². The zero-order valence-electron chi connectivity index (χ0n) is 28.7. The minimum Gasteiger partial charge on any atom is -0.495 e. The van der Waals surface area contributed by atoms with Crippen LogP contribution < -0.4 is 25.6 Å². The lowest BCUT2D eigenvalue weighted by Gasteiger charge is -2.36. The van der Waals surface area contributed by atoms with Gasteiger partial charge in [-0.1, -0.05) is 6.07 Å². The fraction of sp³-hybridized carbons (Fsp3) is 0.455. The van der Waals surface area contributed by atoms with Crippen LogP contribution in [0.1, 0.15) is 53.7 Å². The van der Waals surface area contributed by atoms with Gasteiger partial charge in [-0.3, -0.25) is 14.2 Å². The number of methoxy groups -OCH3 is 1. The van der Waals surface area contributed by atoms with Gasteiger partial charge in [0.2, 0.25) is 5.95 Å². The van der Waals surface area contributed by atoms with Crippen LogP contribution in [-0.4, -0.2) is 84.9 Å². The van der Waals surface area contributed by atoms with Crippen LogP contribution in [0.5, 0.6) is 5.75 Å². The van der Waals surface area contributed by atoms with Crippen molar-refractivity contribution in [3.05, 3.63) is 58.8 Å². The molecule has 276 valence electrons. The number of amides is 1. The summed E-state index contributed by atoms with van der Waals surface area (Å²) in [6.45, 7) is 5.76. The molecule has 1 unspecified atom stereocenters. The molecule has 5 rings (SSSR count). The van der Waals surface area contributed by atoms with E-state index >= 15 is 0 Å². The number of ether oxygens (including phenoxy) is 1. The van der Waals surface area contributed by atoms with Crippen molar-refractivity contribution in [1.82, 2.24) is 20.2 Å². The van der Waals surface area contributed by atoms with E-state index in [1.165, 1.54) is 12.0 Å². The molecule has 4 N–H and O–H groups in total. The van der Waals surface area contributed by atoms with Gasteiger partial charge in [-0.2, -0.15) is 18.2 Å². The Bertz CT molecular complexity index is 1800. The molecule has 3 aromatic rings. The second-order valence-corrected chi connectivity index (χ2v) is 14.1. The number of benzene rings is 2. The molecule has 0 bridgehead atoms. The Kier molecular flexibility index (Phi) is 11.7. The van der Waals surface area contributed by atoms with Gasteiger partial charge in [0.15, 0.2) is 0 Å². The van der Waals surface area contributed by atoms with Gasteiger partial charge in [-0.15, -0.1) is 0 Å². The molecule has 0 aliphatic carbocycles. The zero-order chi connectivity index (χ0) is 36.9. The molecule has 1 aromatic heterocycles. The van der Waals surface area contributed by atoms with Gasteiger partial charge in [-0.05, 0) is 50.1 Å². The summed E-state index contributed by atoms with van der Waals surface area (Å²) in [5, 5.41) is 18.1. The van der Waals surface area contributed by atoms with Gasteiger partial charge in [0.05, 0.1) is 43.4 Å². The van der Waals surface area contributed by atoms with E-state index in [1.54, 1.807) is 51.2 Å². The van der Waals surface area contributed by atoms with Crippen molar-refractivity contribution in [3.63, 3.8) is 0 Å². The Morgan fingerprint density at radius 1 is 1.14 bits per heavy atom. The highest BCUT2D eigenvalue weighted by Gasteiger charge is 2.37. The summed E-state index contributed by atoms with van der Waals surface area (Å²) in [5.74, 6) is -1.73. The number of halogens is 3. The lowest BCUT2D eigenvalue weighted by atomic mass is 10.0. The van der Waals surface area contributed by atoms with Crippen LogP contribution in [0.3, 0.4) is 0 Å². The van der Waals surface area contributed by atoms with E-state index in [2.05, 4.69) is 30.8 Å². The van der Waals surface area contributed by atoms with Crippen molar-refractivity contribution in [2.45, 2.75) is 51.6 Å². The highest BCUT2D eigenvalue weighted by Crippen LogP contribution is 2.52. The van der Waals surface area contributed by atoms with Crippen molar-refractivity contribution < 1.29 is 46.2 Å². The molecule has 51 heavy (non-hydrogen) atoms. The molecule has 2 aliphatic heterocycles. The largest absolute Gasteiger partial charge is 0.495 e. The van der Waals surface area contributed by atoms with E-state index in [9.17, 15) is 27.3 Å². The first kappa shape index (κ1) is 37.8. The molecule has 0 spiro atoms. The number of anilines is 5. The number of carboxylic acid groups (broad SMARTS) is 1. The van der Waals surface area contributed by atoms with Crippen LogP contribution in [0.4, 0.5) is 42.0 Å². The van der Waals surface area contributed by atoms with Gasteiger partial charge in [0, 0.05) is 63.1 Å². The maximum Gasteiger partial charge on any atom is 0.421 e. The summed E-state index contributed by atoms with van der Waals surface area (Å²) in [7, 11) is -0.397. The summed E-state index contributed by atoms with van der Waals surface area (Å²) >= 11 is 0. The third kappa shape index (κ3) is 8.90. The van der Waals surface area contributed by atoms with Gasteiger partial charge in [0.25, 0.3) is 5.91 Å². The standard InChI is InChI=1S/C33H41F3N7O7P/c1-5-49-51(47,50-6-2)19-20-7-9-24(27(15-20)48-4)40-32-38-16-23(33(34,35)36)30(41-32)39-25-10-11-26(22-18-42(3)31(46)29(22)25)43-14-13-37-21(17-43)8-12-28(44)45/h7,9-11,15-16,21,37H,5-6,8,12-14,17-19H2,1-4H3,(H,44,45)(H2,38,39,40,41). The smallest absolute Gasteiger partial charge is 0.421 e. The normalized spacial score (nSPS) is 16.3. The molecular weight excluding hydrogens is 694 g/mol. The van der Waals surface area contributed by atoms with Crippen LogP contribution in [0.25, 0.3) is 0 Å². The number of alkyl halides is 3. The first-order chi connectivity index (χ1) is 24.2. The Balaban J connectivity index is 1.45. The maximum atomic E-state index is 14.3. The Hall–Kier alpha value is -4.44. The van der Waals surface area contributed by atoms with E-state index in [0.29, 0.717) is 49.1 Å². The molecule has 1 saturated heterocycles. The number of carbonyl (C=O) groups is 2. The lowest BCUT2D eigenvalue weighted by Crippen LogP contribution is -2.51. The van der Waals surface area contributed by atoms with Crippen LogP contribution in [0.15, 0.2) is 36.5 Å². The molecular formula is C33H41F3N7O7P. The number of aliphatic carboxylic acids is 1. The molecule has 0 saturated carbocycles. The second-order valence-electron chi connectivity index (χ2n) is 12.0. The average molecular weight is 736 g/mol. The summed E-state index contributed by atoms with van der Waals surface area (Å²) in [6, 6.07) is 8.07. The van der Waals surface area contributed by atoms with Crippen molar-refractivity contribution in [1.29, 1.82) is 0 Å². The number of hydrogen-bond donors (Lipinski definition) is 4. The minimum atomic E-state index is -4.83. The minimum absolute atomic E-state index is 0.00916. The Labute approximate surface area is 293 Å². The molecule has 1 atom stereocenters. The first-order valence-electron chi connectivity index (χ1n) is 16.4. The van der Waals surface area contributed by atoms with Gasteiger partial charge >= 0.3 is 19.7 Å². The molecule has 2 aliphatic rings. The highest BCUT2D eigenvalue weighted by atomic mass is 31.2. The fourth-order valence-corrected chi connectivity index (χ4v) is 7.84. The number of carboxylic acids is 1. The highest BCUT2D eigenvalue weighted by molar-refractivity contribution is 7.53. The van der Waals surface area contributed by atoms with Crippen molar-refractivity contribution in [2.75, 3.05) is 62.5 Å². The number of fused-ring (bicyclic) bond motifs is 1. The monoisotopic (exact) mass is 735 g/mol. The summed E-state index contributed by atoms with van der Waals surface area (Å²) in [4.78, 5) is 36.2. The maximum absolute atomic E-state index is 14.3. The topological polar surface area (TPSA) is 167 Å². The first-order valence-corrected chi connectivity index (χ1v) is 18.1. The predicted octanol–water partition coefficient (Wildman–Crippen LogP) is 5.99. The van der Waals surface area contributed by atoms with Gasteiger partial charge in [-0.25, -0.2) is 4.98 Å². The number of hydrogen-bond acceptors (Lipinski definition) is 12. The van der Waals surface area contributed by atoms with E-state index in [4.69, 9.17) is 18.9 Å². The summed E-state index contributed by atoms with van der Waals surface area (Å²) in [6.07, 6.45) is -3.76. The third-order valence-corrected chi connectivity index (χ3v) is 10.5. The molecule has 14 nitrogen and oxygen atoms in total. The summed E-state index contributed by atoms with van der Waals surface area (Å²) < 4.78 is 72.1. The van der Waals surface area contributed by atoms with E-state index < -0.39 is 31.1 Å². The quantitative estimate of drug-likeness (QED) is 0.135. The summed E-state index contributed by atoms with van der Waals surface area (Å²) in [5.41, 5.74) is 1.55. The van der Waals surface area contributed by atoms with Crippen LogP contribution in [0, 0.1) is 0 Å². The predicted molar refractivity (Wildman–Crippen MR) is 184 cm³/mol. The SMILES string of the molecule is CCOP(=O)(Cc1ccc(Nc2ncc(C(F)(F)F)c(Nc3ccc(N4CCNC(CCC(=O)O)C4)c4c3C(=O)N(C)C4)n2)c(OC)c1)OCC. The van der Waals surface area contributed by atoms with Gasteiger partial charge in [0.1, 0.15) is 17.1 Å². The zero-order valence-corrected chi connectivity index (χ0v) is 29.6. The molecule has 1 amide bonds. The molecule has 3 heterocycles. The van der Waals surface area contributed by atoms with Crippen LogP contribution >= 0.6 is 7.60 Å². The number of nitrogens with zero attached hydrogens (tertiary/aromatic N) is 4. The van der Waals surface area contributed by atoms with E-state index in [-0.39, 0.29) is 67.2 Å². The molecule has 18 heteroatoms. The molecule has 2 aromatic carbocycles. The average Bonchev–Trinajstić information content (AvgIpc) is 3.38. The molecule has 0 radical (unpaired) electrons. The third-order valence-electron chi connectivity index (χ3n) is 8.43. The van der Waals surface area contributed by atoms with E-state index in [1.807, 2.05) is 0 Å². The van der Waals surface area contributed by atoms with Crippen molar-refractivity contribution in [2.24, 2.45) is 0 Å². The van der Waals surface area contributed by atoms with Crippen LogP contribution in [-0.2, 0) is 37.3 Å². The van der Waals surface area contributed by atoms with Crippen LogP contribution in [0.2, 0.25) is 0 Å². The van der Waals surface area contributed by atoms with Crippen molar-refractivity contribution >= 4 is 48.3 Å². The number of carbonyl (C=O) groups excluding carboxylic acids is 1. The number of aromatic nitrogens is 2. The second kappa shape index (κ2) is 15.8. The number of piperazine rings is 1. The van der Waals surface area contributed by atoms with E-state index in [0.717, 1.165) is 5.69 Å². The lowest BCUT2D eigenvalue weighted by molar-refractivity contribution is -0.138. The number of rotatable bonds is 15. The van der Waals surface area contributed by atoms with Crippen molar-refractivity contribution in [3.8, 4) is 5.75 Å². The Morgan fingerprint density at radius 3 is 2.53 bits per heavy atom. The Morgan fingerprint density at radius 2 is 1.86 bits per heavy atom.